The number of carbonyl (C=O) groups is 2. The highest BCUT2D eigenvalue weighted by atomic mass is 35.5. The van der Waals surface area contributed by atoms with Gasteiger partial charge in [0.2, 0.25) is 5.91 Å². The molecule has 0 aliphatic carbocycles. The molecule has 5 nitrogen and oxygen atoms in total. The van der Waals surface area contributed by atoms with Crippen molar-refractivity contribution in [2.24, 2.45) is 0 Å². The van der Waals surface area contributed by atoms with Crippen molar-refractivity contribution in [3.8, 4) is 0 Å². The fraction of sp³-hybridized carbons (Fsp3) is 0.176. The minimum Gasteiger partial charge on any atom is -0.326 e. The van der Waals surface area contributed by atoms with Crippen LogP contribution in [-0.2, 0) is 4.79 Å². The van der Waals surface area contributed by atoms with Gasteiger partial charge in [0.1, 0.15) is 6.04 Å². The summed E-state index contributed by atoms with van der Waals surface area (Å²) < 4.78 is 0. The van der Waals surface area contributed by atoms with Gasteiger partial charge >= 0.3 is 6.03 Å². The molecular weight excluding hydrogens is 314 g/mol. The van der Waals surface area contributed by atoms with Crippen LogP contribution in [-0.4, -0.2) is 24.5 Å². The van der Waals surface area contributed by atoms with Gasteiger partial charge in [-0.3, -0.25) is 4.79 Å². The van der Waals surface area contributed by atoms with E-state index >= 15 is 0 Å². The highest BCUT2D eigenvalue weighted by Gasteiger charge is 2.33. The summed E-state index contributed by atoms with van der Waals surface area (Å²) in [4.78, 5) is 26.2. The highest BCUT2D eigenvalue weighted by Crippen LogP contribution is 2.22. The van der Waals surface area contributed by atoms with E-state index in [2.05, 4.69) is 10.6 Å². The van der Waals surface area contributed by atoms with Crippen molar-refractivity contribution in [1.82, 2.24) is 5.32 Å². The molecule has 0 aromatic heterocycles. The second kappa shape index (κ2) is 6.71. The first kappa shape index (κ1) is 15.4. The summed E-state index contributed by atoms with van der Waals surface area (Å²) in [7, 11) is 0. The van der Waals surface area contributed by atoms with Crippen molar-refractivity contribution in [1.29, 1.82) is 0 Å². The van der Waals surface area contributed by atoms with Crippen molar-refractivity contribution in [3.05, 3.63) is 59.6 Å². The van der Waals surface area contributed by atoms with Crippen LogP contribution in [0.15, 0.2) is 54.6 Å². The molecule has 1 heterocycles. The van der Waals surface area contributed by atoms with Crippen LogP contribution in [0.25, 0.3) is 0 Å². The van der Waals surface area contributed by atoms with Crippen LogP contribution in [0.1, 0.15) is 6.42 Å². The molecule has 0 radical (unpaired) electrons. The molecular formula is C17H16ClN3O2. The second-order valence-electron chi connectivity index (χ2n) is 5.24. The molecule has 1 saturated heterocycles. The molecule has 23 heavy (non-hydrogen) atoms. The number of rotatable bonds is 3. The van der Waals surface area contributed by atoms with Gasteiger partial charge in [0.15, 0.2) is 0 Å². The van der Waals surface area contributed by atoms with Crippen molar-refractivity contribution in [2.45, 2.75) is 12.5 Å². The number of benzene rings is 2. The molecule has 1 aliphatic rings. The van der Waals surface area contributed by atoms with Crippen LogP contribution in [0, 0.1) is 0 Å². The summed E-state index contributed by atoms with van der Waals surface area (Å²) >= 11 is 6.00. The van der Waals surface area contributed by atoms with E-state index in [1.54, 1.807) is 29.2 Å². The number of halogens is 1. The molecule has 118 valence electrons. The molecule has 2 aromatic rings. The quantitative estimate of drug-likeness (QED) is 0.908. The van der Waals surface area contributed by atoms with Gasteiger partial charge in [-0.15, -0.1) is 0 Å². The first-order chi connectivity index (χ1) is 11.1. The van der Waals surface area contributed by atoms with Crippen LogP contribution < -0.4 is 15.5 Å². The number of anilines is 2. The Hall–Kier alpha value is -2.53. The van der Waals surface area contributed by atoms with Gasteiger partial charge in [0.05, 0.1) is 10.7 Å². The van der Waals surface area contributed by atoms with Gasteiger partial charge in [0, 0.05) is 12.2 Å². The molecule has 6 heteroatoms. The lowest BCUT2D eigenvalue weighted by Gasteiger charge is -2.17. The molecule has 1 aliphatic heterocycles. The van der Waals surface area contributed by atoms with E-state index in [0.717, 1.165) is 5.69 Å². The Morgan fingerprint density at radius 1 is 1.09 bits per heavy atom. The smallest absolute Gasteiger partial charge is 0.319 e. The molecule has 1 atom stereocenters. The van der Waals surface area contributed by atoms with E-state index in [1.807, 2.05) is 30.3 Å². The Balaban J connectivity index is 1.62. The number of amides is 3. The molecule has 2 N–H and O–H groups in total. The van der Waals surface area contributed by atoms with E-state index in [9.17, 15) is 9.59 Å². The maximum absolute atomic E-state index is 12.4. The number of carbonyl (C=O) groups excluding carboxylic acids is 2. The SMILES string of the molecule is O=C(Nc1ccccc1Cl)NC1CCN(c2ccccc2)C1=O. The van der Waals surface area contributed by atoms with E-state index in [0.29, 0.717) is 23.7 Å². The van der Waals surface area contributed by atoms with Gasteiger partial charge in [-0.2, -0.15) is 0 Å². The summed E-state index contributed by atoms with van der Waals surface area (Å²) in [6.07, 6.45) is 0.573. The molecule has 0 saturated carbocycles. The van der Waals surface area contributed by atoms with Crippen LogP contribution in [0.2, 0.25) is 5.02 Å². The Bertz CT molecular complexity index is 721. The summed E-state index contributed by atoms with van der Waals surface area (Å²) in [6.45, 7) is 0.583. The molecule has 0 bridgehead atoms. The van der Waals surface area contributed by atoms with E-state index in [1.165, 1.54) is 0 Å². The Kier molecular flexibility index (Phi) is 4.48. The van der Waals surface area contributed by atoms with E-state index < -0.39 is 12.1 Å². The number of hydrogen-bond acceptors (Lipinski definition) is 2. The number of urea groups is 1. The third kappa shape index (κ3) is 3.46. The zero-order valence-corrected chi connectivity index (χ0v) is 13.1. The first-order valence-corrected chi connectivity index (χ1v) is 7.71. The Morgan fingerprint density at radius 2 is 1.78 bits per heavy atom. The fourth-order valence-corrected chi connectivity index (χ4v) is 2.74. The van der Waals surface area contributed by atoms with Gasteiger partial charge in [0.25, 0.3) is 0 Å². The molecule has 2 aromatic carbocycles. The average molecular weight is 330 g/mol. The zero-order valence-electron chi connectivity index (χ0n) is 12.3. The monoisotopic (exact) mass is 329 g/mol. The lowest BCUT2D eigenvalue weighted by atomic mass is 10.2. The van der Waals surface area contributed by atoms with Crippen molar-refractivity contribution < 1.29 is 9.59 Å². The number of hydrogen-bond donors (Lipinski definition) is 2. The summed E-state index contributed by atoms with van der Waals surface area (Å²) in [5.74, 6) is -0.106. The molecule has 3 amide bonds. The van der Waals surface area contributed by atoms with Crippen molar-refractivity contribution in [3.63, 3.8) is 0 Å². The predicted molar refractivity (Wildman–Crippen MR) is 90.8 cm³/mol. The molecule has 1 fully saturated rings. The average Bonchev–Trinajstić information content (AvgIpc) is 2.91. The largest absolute Gasteiger partial charge is 0.326 e. The summed E-state index contributed by atoms with van der Waals surface area (Å²) in [5, 5.41) is 5.81. The van der Waals surface area contributed by atoms with E-state index in [-0.39, 0.29) is 5.91 Å². The fourth-order valence-electron chi connectivity index (χ4n) is 2.56. The lowest BCUT2D eigenvalue weighted by molar-refractivity contribution is -0.118. The summed E-state index contributed by atoms with van der Waals surface area (Å²) in [6, 6.07) is 15.4. The first-order valence-electron chi connectivity index (χ1n) is 7.33. The van der Waals surface area contributed by atoms with Gasteiger partial charge in [-0.1, -0.05) is 41.9 Å². The van der Waals surface area contributed by atoms with Crippen LogP contribution in [0.5, 0.6) is 0 Å². The van der Waals surface area contributed by atoms with Crippen LogP contribution in [0.4, 0.5) is 16.2 Å². The van der Waals surface area contributed by atoms with Crippen LogP contribution in [0.3, 0.4) is 0 Å². The molecule has 3 rings (SSSR count). The maximum Gasteiger partial charge on any atom is 0.319 e. The summed E-state index contributed by atoms with van der Waals surface area (Å²) in [5.41, 5.74) is 1.35. The third-order valence-corrected chi connectivity index (χ3v) is 4.03. The molecule has 1 unspecified atom stereocenters. The second-order valence-corrected chi connectivity index (χ2v) is 5.65. The number of para-hydroxylation sites is 2. The van der Waals surface area contributed by atoms with Crippen LogP contribution >= 0.6 is 11.6 Å². The van der Waals surface area contributed by atoms with E-state index in [4.69, 9.17) is 11.6 Å². The van der Waals surface area contributed by atoms with Gasteiger partial charge in [-0.05, 0) is 30.7 Å². The lowest BCUT2D eigenvalue weighted by Crippen LogP contribution is -2.43. The Morgan fingerprint density at radius 3 is 2.52 bits per heavy atom. The van der Waals surface area contributed by atoms with Crippen molar-refractivity contribution in [2.75, 3.05) is 16.8 Å². The Labute approximate surface area is 139 Å². The van der Waals surface area contributed by atoms with Gasteiger partial charge < -0.3 is 15.5 Å². The number of nitrogens with one attached hydrogen (secondary N) is 2. The number of nitrogens with zero attached hydrogens (tertiary/aromatic N) is 1. The minimum atomic E-state index is -0.530. The molecule has 0 spiro atoms. The van der Waals surface area contributed by atoms with Crippen molar-refractivity contribution >= 4 is 34.9 Å². The zero-order chi connectivity index (χ0) is 16.2. The predicted octanol–water partition coefficient (Wildman–Crippen LogP) is 3.27. The topological polar surface area (TPSA) is 61.4 Å². The highest BCUT2D eigenvalue weighted by molar-refractivity contribution is 6.33. The maximum atomic E-state index is 12.4. The van der Waals surface area contributed by atoms with Gasteiger partial charge in [-0.25, -0.2) is 4.79 Å². The minimum absolute atomic E-state index is 0.106. The standard InChI is InChI=1S/C17H16ClN3O2/c18-13-8-4-5-9-14(13)19-17(23)20-15-10-11-21(16(15)22)12-6-2-1-3-7-12/h1-9,15H,10-11H2,(H2,19,20,23). The normalized spacial score (nSPS) is 17.2. The third-order valence-electron chi connectivity index (χ3n) is 3.70.